The zero-order valence-electron chi connectivity index (χ0n) is 15.3. The molecule has 1 fully saturated rings. The van der Waals surface area contributed by atoms with Crippen LogP contribution in [0.1, 0.15) is 5.56 Å². The van der Waals surface area contributed by atoms with Gasteiger partial charge in [0.2, 0.25) is 0 Å². The minimum atomic E-state index is -0.898. The van der Waals surface area contributed by atoms with Crippen LogP contribution in [0.25, 0.3) is 22.2 Å². The maximum atomic E-state index is 11.1. The van der Waals surface area contributed by atoms with Crippen LogP contribution in [0.3, 0.4) is 0 Å². The highest BCUT2D eigenvalue weighted by molar-refractivity contribution is 6.34. The molecule has 1 saturated heterocycles. The van der Waals surface area contributed by atoms with Gasteiger partial charge in [0.1, 0.15) is 18.0 Å². The van der Waals surface area contributed by atoms with Crippen LogP contribution in [0.2, 0.25) is 5.02 Å². The monoisotopic (exact) mass is 398 g/mol. The first-order chi connectivity index (χ1) is 13.4. The molecule has 0 atom stereocenters. The number of rotatable bonds is 2. The normalized spacial score (nSPS) is 14.5. The Morgan fingerprint density at radius 1 is 1.18 bits per heavy atom. The molecule has 0 aliphatic carbocycles. The van der Waals surface area contributed by atoms with Crippen LogP contribution in [-0.2, 0) is 0 Å². The minimum Gasteiger partial charge on any atom is -0.465 e. The van der Waals surface area contributed by atoms with E-state index in [4.69, 9.17) is 22.4 Å². The molecule has 0 saturated carbocycles. The van der Waals surface area contributed by atoms with E-state index in [2.05, 4.69) is 19.9 Å². The van der Waals surface area contributed by atoms with E-state index in [-0.39, 0.29) is 0 Å². The van der Waals surface area contributed by atoms with Crippen LogP contribution in [0, 0.1) is 6.92 Å². The lowest BCUT2D eigenvalue weighted by Gasteiger charge is -2.34. The van der Waals surface area contributed by atoms with Crippen molar-refractivity contribution in [3.05, 3.63) is 41.2 Å². The third-order valence-electron chi connectivity index (χ3n) is 4.93. The first-order valence-corrected chi connectivity index (χ1v) is 9.22. The van der Waals surface area contributed by atoms with E-state index in [9.17, 15) is 4.79 Å². The van der Waals surface area contributed by atoms with Crippen molar-refractivity contribution < 1.29 is 9.90 Å². The van der Waals surface area contributed by atoms with E-state index >= 15 is 0 Å². The third kappa shape index (κ3) is 3.27. The number of nitrogens with two attached hydrogens (primary N) is 1. The summed E-state index contributed by atoms with van der Waals surface area (Å²) in [5.41, 5.74) is 9.05. The Balaban J connectivity index is 1.75. The number of carboxylic acid groups (broad SMARTS) is 1. The molecule has 3 aromatic rings. The number of halogens is 1. The fourth-order valence-electron chi connectivity index (χ4n) is 3.42. The number of anilines is 2. The first-order valence-electron chi connectivity index (χ1n) is 8.84. The highest BCUT2D eigenvalue weighted by Gasteiger charge is 2.23. The van der Waals surface area contributed by atoms with E-state index < -0.39 is 6.09 Å². The smallest absolute Gasteiger partial charge is 0.407 e. The predicted octanol–water partition coefficient (Wildman–Crippen LogP) is 3.04. The summed E-state index contributed by atoms with van der Waals surface area (Å²) in [5, 5.41) is 10.5. The Hall–Kier alpha value is -3.13. The molecule has 28 heavy (non-hydrogen) atoms. The fourth-order valence-corrected chi connectivity index (χ4v) is 3.68. The minimum absolute atomic E-state index is 0.427. The number of nitrogen functional groups attached to an aromatic ring is 1. The largest absolute Gasteiger partial charge is 0.465 e. The Morgan fingerprint density at radius 2 is 1.93 bits per heavy atom. The summed E-state index contributed by atoms with van der Waals surface area (Å²) >= 11 is 6.60. The number of fused-ring (bicyclic) bond motifs is 1. The average Bonchev–Trinajstić information content (AvgIpc) is 2.69. The molecule has 1 aliphatic heterocycles. The number of amides is 1. The van der Waals surface area contributed by atoms with Crippen LogP contribution in [0.4, 0.5) is 16.4 Å². The number of hydrogen-bond acceptors (Lipinski definition) is 6. The van der Waals surface area contributed by atoms with Gasteiger partial charge in [-0.3, -0.25) is 0 Å². The van der Waals surface area contributed by atoms with Crippen LogP contribution >= 0.6 is 11.6 Å². The van der Waals surface area contributed by atoms with E-state index in [1.807, 2.05) is 25.1 Å². The lowest BCUT2D eigenvalue weighted by molar-refractivity contribution is 0.142. The Kier molecular flexibility index (Phi) is 4.64. The van der Waals surface area contributed by atoms with Crippen molar-refractivity contribution >= 4 is 40.2 Å². The highest BCUT2D eigenvalue weighted by Crippen LogP contribution is 2.35. The highest BCUT2D eigenvalue weighted by atomic mass is 35.5. The number of piperazine rings is 1. The molecular weight excluding hydrogens is 380 g/mol. The second kappa shape index (κ2) is 7.12. The molecule has 3 N–H and O–H groups in total. The number of carbonyl (C=O) groups is 1. The van der Waals surface area contributed by atoms with Gasteiger partial charge in [-0.2, -0.15) is 0 Å². The summed E-state index contributed by atoms with van der Waals surface area (Å²) in [4.78, 5) is 27.8. The third-order valence-corrected chi connectivity index (χ3v) is 5.24. The van der Waals surface area contributed by atoms with Crippen molar-refractivity contribution in [2.24, 2.45) is 0 Å². The van der Waals surface area contributed by atoms with E-state index in [1.54, 1.807) is 6.07 Å². The lowest BCUT2D eigenvalue weighted by atomic mass is 10.0. The molecule has 8 nitrogen and oxygen atoms in total. The van der Waals surface area contributed by atoms with Gasteiger partial charge >= 0.3 is 6.09 Å². The van der Waals surface area contributed by atoms with Gasteiger partial charge in [-0.25, -0.2) is 19.7 Å². The summed E-state index contributed by atoms with van der Waals surface area (Å²) in [6, 6.07) is 7.40. The van der Waals surface area contributed by atoms with Crippen LogP contribution in [0.15, 0.2) is 30.6 Å². The van der Waals surface area contributed by atoms with Crippen molar-refractivity contribution in [3.8, 4) is 11.3 Å². The van der Waals surface area contributed by atoms with Gasteiger partial charge in [0.05, 0.1) is 16.2 Å². The van der Waals surface area contributed by atoms with Crippen molar-refractivity contribution in [3.63, 3.8) is 0 Å². The number of aromatic nitrogens is 3. The van der Waals surface area contributed by atoms with E-state index in [0.29, 0.717) is 37.0 Å². The molecule has 4 rings (SSSR count). The van der Waals surface area contributed by atoms with Gasteiger partial charge in [0, 0.05) is 37.1 Å². The second-order valence-electron chi connectivity index (χ2n) is 6.70. The summed E-state index contributed by atoms with van der Waals surface area (Å²) < 4.78 is 0. The zero-order chi connectivity index (χ0) is 19.8. The van der Waals surface area contributed by atoms with E-state index in [1.165, 1.54) is 11.2 Å². The molecular formula is C19H19ClN6O2. The molecule has 1 aromatic carbocycles. The Morgan fingerprint density at radius 3 is 2.64 bits per heavy atom. The van der Waals surface area contributed by atoms with Gasteiger partial charge in [0.25, 0.3) is 0 Å². The standard InChI is InChI=1S/C19H19ClN6O2/c1-11-2-3-16(21)24-17(11)12-9-15-13(8-14(12)20)18(23-10-22-15)25-4-6-26(7-5-25)19(27)28/h2-3,8-10H,4-7H2,1H3,(H2,21,24)(H,27,28). The second-order valence-corrected chi connectivity index (χ2v) is 7.11. The number of hydrogen-bond donors (Lipinski definition) is 2. The molecule has 0 spiro atoms. The maximum Gasteiger partial charge on any atom is 0.407 e. The van der Waals surface area contributed by atoms with Gasteiger partial charge in [-0.1, -0.05) is 17.7 Å². The van der Waals surface area contributed by atoms with Gasteiger partial charge in [-0.05, 0) is 30.7 Å². The molecule has 1 aliphatic rings. The van der Waals surface area contributed by atoms with Gasteiger partial charge in [0.15, 0.2) is 0 Å². The SMILES string of the molecule is Cc1ccc(N)nc1-c1cc2ncnc(N3CCN(C(=O)O)CC3)c2cc1Cl. The number of benzene rings is 1. The van der Waals surface area contributed by atoms with E-state index in [0.717, 1.165) is 33.5 Å². The van der Waals surface area contributed by atoms with Crippen LogP contribution < -0.4 is 10.6 Å². The number of aryl methyl sites for hydroxylation is 1. The molecule has 0 bridgehead atoms. The van der Waals surface area contributed by atoms with Crippen molar-refractivity contribution in [1.82, 2.24) is 19.9 Å². The molecule has 1 amide bonds. The molecule has 9 heteroatoms. The van der Waals surface area contributed by atoms with Crippen LogP contribution in [-0.4, -0.2) is 57.2 Å². The Labute approximate surface area is 166 Å². The van der Waals surface area contributed by atoms with Gasteiger partial charge in [-0.15, -0.1) is 0 Å². The molecule has 0 radical (unpaired) electrons. The summed E-state index contributed by atoms with van der Waals surface area (Å²) in [7, 11) is 0. The predicted molar refractivity (Wildman–Crippen MR) is 109 cm³/mol. The first kappa shape index (κ1) is 18.2. The number of nitrogens with zero attached hydrogens (tertiary/aromatic N) is 5. The van der Waals surface area contributed by atoms with Crippen molar-refractivity contribution in [1.29, 1.82) is 0 Å². The summed E-state index contributed by atoms with van der Waals surface area (Å²) in [6.45, 7) is 3.94. The average molecular weight is 399 g/mol. The fraction of sp³-hybridized carbons (Fsp3) is 0.263. The number of pyridine rings is 1. The Bertz CT molecular complexity index is 1070. The van der Waals surface area contributed by atoms with Crippen LogP contribution in [0.5, 0.6) is 0 Å². The maximum absolute atomic E-state index is 11.1. The molecule has 3 heterocycles. The molecule has 2 aromatic heterocycles. The lowest BCUT2D eigenvalue weighted by Crippen LogP contribution is -2.48. The summed E-state index contributed by atoms with van der Waals surface area (Å²) in [5.74, 6) is 1.18. The molecule has 0 unspecified atom stereocenters. The summed E-state index contributed by atoms with van der Waals surface area (Å²) in [6.07, 6.45) is 0.614. The zero-order valence-corrected chi connectivity index (χ0v) is 16.0. The molecule has 144 valence electrons. The van der Waals surface area contributed by atoms with Crippen molar-refractivity contribution in [2.45, 2.75) is 6.92 Å². The van der Waals surface area contributed by atoms with Crippen molar-refractivity contribution in [2.75, 3.05) is 36.8 Å². The topological polar surface area (TPSA) is 108 Å². The van der Waals surface area contributed by atoms with Gasteiger partial charge < -0.3 is 20.6 Å². The quantitative estimate of drug-likeness (QED) is 0.682.